The molecule has 2 bridgehead atoms. The maximum Gasteiger partial charge on any atom is 0.315 e. The van der Waals surface area contributed by atoms with Crippen molar-refractivity contribution < 1.29 is 33.4 Å². The van der Waals surface area contributed by atoms with Crippen LogP contribution in [0.15, 0.2) is 48.5 Å². The standard InChI is InChI=1S/C46H65BN6O7.C4H11N/c1-5-6-9-30-11-13-31(14-12-30)32-15-17-33(18-16-32)43(57)49-26-41(55)53-38-21-22-40(54)48-23-8-7-10-37(52-42(56)27-50-44(38)58)45(59)51-28-47(35-19-20-35)60-39-25-34-24-36(29(39)2)46(34,3)4;1-2-3-4-5/h11-18,29,34-39H,5-10,19-28H2,1-4H3,(H,48,54)(H,49,57)(H,50,58)(H,51,59)(H,52,56)(H,53,55);2-5H2,1H3. The molecule has 7 rings (SSSR count). The summed E-state index contributed by atoms with van der Waals surface area (Å²) in [5.74, 6) is -0.689. The van der Waals surface area contributed by atoms with Crippen LogP contribution in [0.2, 0.25) is 5.82 Å². The molecular formula is C50H76BN7O7. The zero-order valence-electron chi connectivity index (χ0n) is 39.6. The number of hydrogen-bond donors (Lipinski definition) is 7. The average Bonchev–Trinajstić information content (AvgIpc) is 4.15. The Morgan fingerprint density at radius 1 is 0.846 bits per heavy atom. The fraction of sp³-hybridized carbons (Fsp3) is 0.640. The van der Waals surface area contributed by atoms with Crippen LogP contribution in [0.25, 0.3) is 11.1 Å². The van der Waals surface area contributed by atoms with Crippen LogP contribution in [0, 0.1) is 23.2 Å². The lowest BCUT2D eigenvalue weighted by Crippen LogP contribution is -2.58. The van der Waals surface area contributed by atoms with Gasteiger partial charge in [-0.05, 0) is 122 Å². The van der Waals surface area contributed by atoms with Crippen LogP contribution >= 0.6 is 0 Å². The van der Waals surface area contributed by atoms with Crippen molar-refractivity contribution in [2.75, 3.05) is 32.6 Å². The first kappa shape index (κ1) is 51.2. The number of carbonyl (C=O) groups is 6. The molecule has 1 heterocycles. The van der Waals surface area contributed by atoms with E-state index in [4.69, 9.17) is 10.4 Å². The van der Waals surface area contributed by atoms with E-state index in [1.807, 2.05) is 12.1 Å². The van der Waals surface area contributed by atoms with Gasteiger partial charge < -0.3 is 42.3 Å². The van der Waals surface area contributed by atoms with Gasteiger partial charge in [0.25, 0.3) is 5.91 Å². The highest BCUT2D eigenvalue weighted by molar-refractivity contribution is 6.55. The van der Waals surface area contributed by atoms with Gasteiger partial charge in [0.15, 0.2) is 0 Å². The third-order valence-electron chi connectivity index (χ3n) is 14.1. The molecule has 0 aromatic heterocycles. The Morgan fingerprint density at radius 2 is 1.54 bits per heavy atom. The average molecular weight is 898 g/mol. The number of nitrogens with one attached hydrogen (secondary N) is 6. The van der Waals surface area contributed by atoms with E-state index >= 15 is 0 Å². The zero-order chi connectivity index (χ0) is 46.9. The topological polar surface area (TPSA) is 210 Å². The van der Waals surface area contributed by atoms with Crippen LogP contribution < -0.4 is 37.6 Å². The lowest BCUT2D eigenvalue weighted by molar-refractivity contribution is -0.148. The van der Waals surface area contributed by atoms with E-state index in [-0.39, 0.29) is 37.7 Å². The van der Waals surface area contributed by atoms with E-state index in [1.54, 1.807) is 12.1 Å². The molecule has 2 aromatic rings. The van der Waals surface area contributed by atoms with Gasteiger partial charge >= 0.3 is 6.92 Å². The van der Waals surface area contributed by atoms with E-state index < -0.39 is 48.8 Å². The molecule has 4 aliphatic carbocycles. The Balaban J connectivity index is 0.00000150. The Hall–Kier alpha value is -4.76. The van der Waals surface area contributed by atoms with Gasteiger partial charge in [-0.2, -0.15) is 0 Å². The second kappa shape index (κ2) is 25.2. The van der Waals surface area contributed by atoms with Gasteiger partial charge in [-0.15, -0.1) is 0 Å². The number of benzene rings is 2. The predicted octanol–water partition coefficient (Wildman–Crippen LogP) is 5.24. The van der Waals surface area contributed by atoms with Gasteiger partial charge in [-0.3, -0.25) is 28.8 Å². The Morgan fingerprint density at radius 3 is 2.15 bits per heavy atom. The molecule has 4 saturated carbocycles. The summed E-state index contributed by atoms with van der Waals surface area (Å²) < 4.78 is 6.72. The maximum atomic E-state index is 13.6. The molecule has 5 fully saturated rings. The molecule has 2 aromatic carbocycles. The number of nitrogens with two attached hydrogens (primary N) is 1. The molecule has 0 radical (unpaired) electrons. The smallest absolute Gasteiger partial charge is 0.315 e. The third kappa shape index (κ3) is 15.4. The van der Waals surface area contributed by atoms with Crippen molar-refractivity contribution in [2.45, 2.75) is 149 Å². The van der Waals surface area contributed by atoms with Gasteiger partial charge in [-0.25, -0.2) is 0 Å². The first-order valence-corrected chi connectivity index (χ1v) is 24.5. The van der Waals surface area contributed by atoms with E-state index in [9.17, 15) is 28.8 Å². The van der Waals surface area contributed by atoms with Gasteiger partial charge in [0.05, 0.1) is 13.1 Å². The summed E-state index contributed by atoms with van der Waals surface area (Å²) in [6.07, 6.45) is 12.2. The second-order valence-corrected chi connectivity index (χ2v) is 19.3. The highest BCUT2D eigenvalue weighted by atomic mass is 16.4. The molecule has 8 N–H and O–H groups in total. The number of carbonyl (C=O) groups excluding carboxylic acids is 6. The highest BCUT2D eigenvalue weighted by Gasteiger charge is 2.57. The highest BCUT2D eigenvalue weighted by Crippen LogP contribution is 2.62. The summed E-state index contributed by atoms with van der Waals surface area (Å²) in [5.41, 5.74) is 9.16. The number of rotatable bonds is 16. The molecular weight excluding hydrogens is 821 g/mol. The number of unbranched alkanes of at least 4 members (excludes halogenated alkanes) is 2. The van der Waals surface area contributed by atoms with Crippen molar-refractivity contribution in [3.63, 3.8) is 0 Å². The minimum absolute atomic E-state index is 0.0199. The van der Waals surface area contributed by atoms with Gasteiger partial charge in [-0.1, -0.05) is 96.7 Å². The van der Waals surface area contributed by atoms with Gasteiger partial charge in [0.2, 0.25) is 29.5 Å². The molecule has 65 heavy (non-hydrogen) atoms. The molecule has 356 valence electrons. The van der Waals surface area contributed by atoms with E-state index in [0.29, 0.717) is 66.8 Å². The van der Waals surface area contributed by atoms with Crippen molar-refractivity contribution in [1.82, 2.24) is 31.9 Å². The number of hydrogen-bond acceptors (Lipinski definition) is 8. The van der Waals surface area contributed by atoms with Gasteiger partial charge in [0.1, 0.15) is 12.1 Å². The maximum absolute atomic E-state index is 13.6. The van der Waals surface area contributed by atoms with Crippen LogP contribution in [-0.4, -0.2) is 93.2 Å². The first-order chi connectivity index (χ1) is 31.2. The zero-order valence-corrected chi connectivity index (χ0v) is 39.6. The second-order valence-electron chi connectivity index (χ2n) is 19.3. The van der Waals surface area contributed by atoms with Crippen molar-refractivity contribution in [3.8, 4) is 11.1 Å². The Kier molecular flexibility index (Phi) is 19.9. The van der Waals surface area contributed by atoms with E-state index in [1.165, 1.54) is 24.8 Å². The largest absolute Gasteiger partial charge is 0.431 e. The minimum Gasteiger partial charge on any atom is -0.431 e. The molecule has 14 nitrogen and oxygen atoms in total. The van der Waals surface area contributed by atoms with Crippen LogP contribution in [0.5, 0.6) is 0 Å². The molecule has 1 saturated heterocycles. The lowest BCUT2D eigenvalue weighted by Gasteiger charge is -2.62. The summed E-state index contributed by atoms with van der Waals surface area (Å²) in [6, 6.07) is 13.5. The molecule has 0 spiro atoms. The predicted molar refractivity (Wildman–Crippen MR) is 256 cm³/mol. The normalized spacial score (nSPS) is 24.4. The van der Waals surface area contributed by atoms with Crippen molar-refractivity contribution in [3.05, 3.63) is 59.7 Å². The number of amides is 6. The summed E-state index contributed by atoms with van der Waals surface area (Å²) in [6.45, 7) is 11.6. The van der Waals surface area contributed by atoms with Crippen molar-refractivity contribution in [1.29, 1.82) is 0 Å². The minimum atomic E-state index is -1.15. The quantitative estimate of drug-likeness (QED) is 0.111. The Bertz CT molecular complexity index is 1890. The molecule has 6 atom stereocenters. The third-order valence-corrected chi connectivity index (χ3v) is 14.1. The van der Waals surface area contributed by atoms with Crippen LogP contribution in [-0.2, 0) is 35.0 Å². The first-order valence-electron chi connectivity index (χ1n) is 24.5. The van der Waals surface area contributed by atoms with Crippen LogP contribution in [0.1, 0.15) is 134 Å². The number of fused-ring (bicyclic) bond motifs is 2. The van der Waals surface area contributed by atoms with E-state index in [2.05, 4.69) is 90.8 Å². The summed E-state index contributed by atoms with van der Waals surface area (Å²) >= 11 is 0. The SMILES string of the molecule is CCCCN.CCCCc1ccc(-c2ccc(C(=O)NCC(=O)NC3CCC(=O)NCCCCC(C(=O)NCB(OC4CC5CC(C4C)C5(C)C)C4CC4)NC(=O)CNC3=O)cc2)cc1. The fourth-order valence-electron chi connectivity index (χ4n) is 9.53. The molecule has 6 unspecified atom stereocenters. The van der Waals surface area contributed by atoms with E-state index in [0.717, 1.165) is 56.2 Å². The number of aryl methyl sites for hydroxylation is 1. The van der Waals surface area contributed by atoms with Crippen LogP contribution in [0.4, 0.5) is 0 Å². The Labute approximate surface area is 387 Å². The molecule has 6 amide bonds. The molecule has 1 aliphatic heterocycles. The summed E-state index contributed by atoms with van der Waals surface area (Å²) in [4.78, 5) is 78.6. The van der Waals surface area contributed by atoms with Gasteiger partial charge in [0, 0.05) is 31.1 Å². The summed E-state index contributed by atoms with van der Waals surface area (Å²) in [5, 5.41) is 16.4. The monoisotopic (exact) mass is 898 g/mol. The summed E-state index contributed by atoms with van der Waals surface area (Å²) in [7, 11) is 0. The van der Waals surface area contributed by atoms with Crippen molar-refractivity contribution >= 4 is 42.4 Å². The molecule has 15 heteroatoms. The van der Waals surface area contributed by atoms with Crippen LogP contribution in [0.3, 0.4) is 0 Å². The lowest BCUT2D eigenvalue weighted by atomic mass is 9.45. The fourth-order valence-corrected chi connectivity index (χ4v) is 9.53. The van der Waals surface area contributed by atoms with Crippen molar-refractivity contribution in [2.24, 2.45) is 28.9 Å². The molecule has 5 aliphatic rings.